The van der Waals surface area contributed by atoms with Gasteiger partial charge in [-0.25, -0.2) is 9.97 Å². The molecule has 5 heteroatoms. The first-order valence-electron chi connectivity index (χ1n) is 4.81. The highest BCUT2D eigenvalue weighted by Crippen LogP contribution is 2.25. The maximum absolute atomic E-state index is 4.51. The van der Waals surface area contributed by atoms with Crippen molar-refractivity contribution < 1.29 is 0 Å². The summed E-state index contributed by atoms with van der Waals surface area (Å²) >= 11 is 4.97. The summed E-state index contributed by atoms with van der Waals surface area (Å²) in [5.74, 6) is 0.961. The average Bonchev–Trinajstić information content (AvgIpc) is 2.80. The number of benzene rings is 1. The van der Waals surface area contributed by atoms with Gasteiger partial charge in [-0.2, -0.15) is 0 Å². The minimum Gasteiger partial charge on any atom is -0.272 e. The van der Waals surface area contributed by atoms with E-state index in [1.54, 1.807) is 11.3 Å². The Hall–Kier alpha value is -1.20. The van der Waals surface area contributed by atoms with Gasteiger partial charge in [0.2, 0.25) is 0 Å². The molecular formula is C11H8BrN3S. The van der Waals surface area contributed by atoms with E-state index in [1.165, 1.54) is 0 Å². The minimum absolute atomic E-state index is 0.865. The van der Waals surface area contributed by atoms with Gasteiger partial charge in [0.15, 0.2) is 5.13 Å². The van der Waals surface area contributed by atoms with Crippen LogP contribution >= 0.6 is 27.3 Å². The van der Waals surface area contributed by atoms with Gasteiger partial charge in [-0.3, -0.25) is 4.57 Å². The van der Waals surface area contributed by atoms with Gasteiger partial charge >= 0.3 is 0 Å². The van der Waals surface area contributed by atoms with Crippen LogP contribution in [0.4, 0.5) is 0 Å². The van der Waals surface area contributed by atoms with Gasteiger partial charge in [0.05, 0.1) is 11.0 Å². The zero-order valence-electron chi connectivity index (χ0n) is 8.51. The van der Waals surface area contributed by atoms with Crippen molar-refractivity contribution in [2.24, 2.45) is 0 Å². The second-order valence-electron chi connectivity index (χ2n) is 3.44. The molecule has 3 aromatic rings. The molecule has 0 N–H and O–H groups in total. The number of hydrogen-bond donors (Lipinski definition) is 0. The van der Waals surface area contributed by atoms with Crippen molar-refractivity contribution in [3.63, 3.8) is 0 Å². The molecule has 0 unspecified atom stereocenters. The van der Waals surface area contributed by atoms with Gasteiger partial charge < -0.3 is 0 Å². The predicted molar refractivity (Wildman–Crippen MR) is 69.2 cm³/mol. The number of rotatable bonds is 1. The van der Waals surface area contributed by atoms with Crippen LogP contribution in [0.3, 0.4) is 0 Å². The zero-order chi connectivity index (χ0) is 11.1. The predicted octanol–water partition coefficient (Wildman–Crippen LogP) is 3.55. The Morgan fingerprint density at radius 2 is 2.06 bits per heavy atom. The molecule has 3 rings (SSSR count). The average molecular weight is 294 g/mol. The van der Waals surface area contributed by atoms with Gasteiger partial charge in [0, 0.05) is 5.38 Å². The number of imidazole rings is 1. The van der Waals surface area contributed by atoms with Gasteiger partial charge in [0.25, 0.3) is 0 Å². The number of hydrogen-bond acceptors (Lipinski definition) is 3. The van der Waals surface area contributed by atoms with E-state index in [2.05, 4.69) is 36.5 Å². The van der Waals surface area contributed by atoms with E-state index in [4.69, 9.17) is 0 Å². The standard InChI is InChI=1S/C11H8BrN3S/c1-7-13-8-4-2-3-5-9(8)15(7)11-14-10(12)6-16-11/h2-6H,1H3. The first-order chi connectivity index (χ1) is 7.75. The third kappa shape index (κ3) is 1.47. The largest absolute Gasteiger partial charge is 0.272 e. The highest BCUT2D eigenvalue weighted by atomic mass is 79.9. The number of thiazole rings is 1. The van der Waals surface area contributed by atoms with Gasteiger partial charge in [-0.1, -0.05) is 12.1 Å². The minimum atomic E-state index is 0.865. The number of aryl methyl sites for hydroxylation is 1. The molecule has 0 aliphatic rings. The summed E-state index contributed by atoms with van der Waals surface area (Å²) in [5.41, 5.74) is 2.10. The molecule has 0 bridgehead atoms. The van der Waals surface area contributed by atoms with Crippen molar-refractivity contribution in [1.82, 2.24) is 14.5 Å². The molecule has 0 radical (unpaired) electrons. The molecule has 0 saturated heterocycles. The Kier molecular flexibility index (Phi) is 2.29. The van der Waals surface area contributed by atoms with E-state index in [1.807, 2.05) is 30.5 Å². The lowest BCUT2D eigenvalue weighted by atomic mass is 10.3. The van der Waals surface area contributed by atoms with E-state index < -0.39 is 0 Å². The Balaban J connectivity index is 2.34. The van der Waals surface area contributed by atoms with Gasteiger partial charge in [-0.05, 0) is 35.0 Å². The molecule has 0 amide bonds. The molecule has 0 aliphatic heterocycles. The number of para-hydroxylation sites is 2. The van der Waals surface area contributed by atoms with Crippen LogP contribution in [-0.4, -0.2) is 14.5 Å². The van der Waals surface area contributed by atoms with Crippen molar-refractivity contribution in [3.8, 4) is 5.13 Å². The lowest BCUT2D eigenvalue weighted by molar-refractivity contribution is 0.981. The topological polar surface area (TPSA) is 30.7 Å². The summed E-state index contributed by atoms with van der Waals surface area (Å²) in [6.07, 6.45) is 0. The van der Waals surface area contributed by atoms with Crippen LogP contribution in [0.5, 0.6) is 0 Å². The van der Waals surface area contributed by atoms with Crippen LogP contribution in [-0.2, 0) is 0 Å². The third-order valence-corrected chi connectivity index (χ3v) is 3.92. The number of nitrogens with zero attached hydrogens (tertiary/aromatic N) is 3. The fourth-order valence-electron chi connectivity index (χ4n) is 1.74. The summed E-state index contributed by atoms with van der Waals surface area (Å²) in [7, 11) is 0. The first-order valence-corrected chi connectivity index (χ1v) is 6.48. The smallest absolute Gasteiger partial charge is 0.196 e. The Labute approximate surface area is 105 Å². The summed E-state index contributed by atoms with van der Waals surface area (Å²) in [6.45, 7) is 2.00. The van der Waals surface area contributed by atoms with Crippen LogP contribution in [0, 0.1) is 6.92 Å². The SMILES string of the molecule is Cc1nc2ccccc2n1-c1nc(Br)cs1. The Bertz CT molecular complexity index is 656. The fraction of sp³-hybridized carbons (Fsp3) is 0.0909. The summed E-state index contributed by atoms with van der Waals surface area (Å²) in [4.78, 5) is 8.94. The van der Waals surface area contributed by atoms with Gasteiger partial charge in [0.1, 0.15) is 10.4 Å². The molecule has 0 fully saturated rings. The number of halogens is 1. The van der Waals surface area contributed by atoms with Crippen molar-refractivity contribution in [3.05, 3.63) is 40.1 Å². The molecule has 2 heterocycles. The zero-order valence-corrected chi connectivity index (χ0v) is 10.9. The van der Waals surface area contributed by atoms with E-state index in [0.717, 1.165) is 26.6 Å². The van der Waals surface area contributed by atoms with E-state index in [0.29, 0.717) is 0 Å². The summed E-state index contributed by atoms with van der Waals surface area (Å²) < 4.78 is 2.94. The molecule has 0 spiro atoms. The van der Waals surface area contributed by atoms with Crippen LogP contribution in [0.2, 0.25) is 0 Å². The first kappa shape index (κ1) is 9.99. The Morgan fingerprint density at radius 1 is 1.25 bits per heavy atom. The summed E-state index contributed by atoms with van der Waals surface area (Å²) in [6, 6.07) is 8.09. The lowest BCUT2D eigenvalue weighted by Crippen LogP contribution is -1.95. The molecular weight excluding hydrogens is 286 g/mol. The van der Waals surface area contributed by atoms with E-state index in [9.17, 15) is 0 Å². The molecule has 0 saturated carbocycles. The van der Waals surface area contributed by atoms with E-state index in [-0.39, 0.29) is 0 Å². The number of fused-ring (bicyclic) bond motifs is 1. The number of aromatic nitrogens is 3. The highest BCUT2D eigenvalue weighted by molar-refractivity contribution is 9.10. The Morgan fingerprint density at radius 3 is 2.81 bits per heavy atom. The van der Waals surface area contributed by atoms with Crippen LogP contribution in [0.1, 0.15) is 5.82 Å². The van der Waals surface area contributed by atoms with E-state index >= 15 is 0 Å². The molecule has 3 nitrogen and oxygen atoms in total. The second-order valence-corrected chi connectivity index (χ2v) is 5.08. The normalized spacial score (nSPS) is 11.1. The monoisotopic (exact) mass is 293 g/mol. The van der Waals surface area contributed by atoms with Crippen molar-refractivity contribution in [2.45, 2.75) is 6.92 Å². The van der Waals surface area contributed by atoms with Crippen LogP contribution in [0.15, 0.2) is 34.2 Å². The lowest BCUT2D eigenvalue weighted by Gasteiger charge is -2.00. The second kappa shape index (κ2) is 3.68. The molecule has 0 atom stereocenters. The highest BCUT2D eigenvalue weighted by Gasteiger charge is 2.11. The van der Waals surface area contributed by atoms with Crippen LogP contribution < -0.4 is 0 Å². The molecule has 80 valence electrons. The van der Waals surface area contributed by atoms with Crippen molar-refractivity contribution >= 4 is 38.3 Å². The van der Waals surface area contributed by atoms with Gasteiger partial charge in [-0.15, -0.1) is 11.3 Å². The molecule has 16 heavy (non-hydrogen) atoms. The van der Waals surface area contributed by atoms with Crippen LogP contribution in [0.25, 0.3) is 16.2 Å². The quantitative estimate of drug-likeness (QED) is 0.687. The maximum Gasteiger partial charge on any atom is 0.196 e. The molecule has 2 aromatic heterocycles. The molecule has 0 aliphatic carbocycles. The third-order valence-electron chi connectivity index (χ3n) is 2.38. The van der Waals surface area contributed by atoms with Crippen molar-refractivity contribution in [2.75, 3.05) is 0 Å². The molecule has 1 aromatic carbocycles. The fourth-order valence-corrected chi connectivity index (χ4v) is 3.04. The summed E-state index contributed by atoms with van der Waals surface area (Å²) in [5, 5.41) is 2.92. The van der Waals surface area contributed by atoms with Crippen molar-refractivity contribution in [1.29, 1.82) is 0 Å². The maximum atomic E-state index is 4.51.